The van der Waals surface area contributed by atoms with E-state index in [1.807, 2.05) is 4.90 Å². The number of halogens is 3. The Morgan fingerprint density at radius 2 is 1.79 bits per heavy atom. The third-order valence-corrected chi connectivity index (χ3v) is 5.54. The van der Waals surface area contributed by atoms with E-state index in [0.29, 0.717) is 43.0 Å². The fourth-order valence-electron chi connectivity index (χ4n) is 3.87. The van der Waals surface area contributed by atoms with Crippen LogP contribution in [0.25, 0.3) is 11.3 Å². The van der Waals surface area contributed by atoms with E-state index >= 15 is 0 Å². The molecule has 3 aromatic rings. The third kappa shape index (κ3) is 4.75. The van der Waals surface area contributed by atoms with Crippen LogP contribution in [0, 0.1) is 0 Å². The number of hydrogen-bond acceptors (Lipinski definition) is 6. The maximum Gasteiger partial charge on any atom is 0.416 e. The molecule has 1 amide bonds. The number of amides is 1. The molecule has 0 saturated carbocycles. The number of carbonyl (C=O) groups is 2. The average Bonchev–Trinajstić information content (AvgIpc) is 3.33. The van der Waals surface area contributed by atoms with Crippen LogP contribution in [-0.4, -0.2) is 54.5 Å². The standard InChI is InChI=1S/C24H22F3N3O4/c1-2-33-23(32)20-21(34-15-28-20)18-8-3-4-9-19(18)22(31)30-12-10-29(11-13-30)17-7-5-6-16(14-17)24(25,26)27/h3-9,14-15H,2,10-13H2,1H3. The lowest BCUT2D eigenvalue weighted by atomic mass is 10.0. The van der Waals surface area contributed by atoms with Gasteiger partial charge in [-0.15, -0.1) is 0 Å². The van der Waals surface area contributed by atoms with Gasteiger partial charge in [0.05, 0.1) is 17.7 Å². The lowest BCUT2D eigenvalue weighted by Crippen LogP contribution is -2.49. The largest absolute Gasteiger partial charge is 0.461 e. The molecule has 1 aliphatic heterocycles. The van der Waals surface area contributed by atoms with Gasteiger partial charge in [-0.3, -0.25) is 4.79 Å². The molecule has 1 fully saturated rings. The normalized spacial score (nSPS) is 14.2. The first-order chi connectivity index (χ1) is 16.3. The van der Waals surface area contributed by atoms with E-state index in [1.54, 1.807) is 42.2 Å². The summed E-state index contributed by atoms with van der Waals surface area (Å²) in [5.74, 6) is -0.779. The average molecular weight is 473 g/mol. The molecule has 1 saturated heterocycles. The Hall–Kier alpha value is -3.82. The number of esters is 1. The minimum Gasteiger partial charge on any atom is -0.461 e. The maximum absolute atomic E-state index is 13.3. The van der Waals surface area contributed by atoms with E-state index in [0.717, 1.165) is 18.5 Å². The smallest absolute Gasteiger partial charge is 0.416 e. The van der Waals surface area contributed by atoms with Gasteiger partial charge < -0.3 is 19.0 Å². The van der Waals surface area contributed by atoms with Gasteiger partial charge in [0.15, 0.2) is 17.8 Å². The lowest BCUT2D eigenvalue weighted by molar-refractivity contribution is -0.137. The SMILES string of the molecule is CCOC(=O)c1ncoc1-c1ccccc1C(=O)N1CCN(c2cccc(C(F)(F)F)c2)CC1. The van der Waals surface area contributed by atoms with Crippen LogP contribution in [0.5, 0.6) is 0 Å². The number of benzene rings is 2. The molecule has 0 spiro atoms. The zero-order chi connectivity index (χ0) is 24.3. The van der Waals surface area contributed by atoms with Crippen molar-refractivity contribution in [3.63, 3.8) is 0 Å². The van der Waals surface area contributed by atoms with Gasteiger partial charge in [-0.05, 0) is 31.2 Å². The van der Waals surface area contributed by atoms with Gasteiger partial charge in [0, 0.05) is 37.4 Å². The van der Waals surface area contributed by atoms with Gasteiger partial charge in [-0.1, -0.05) is 24.3 Å². The van der Waals surface area contributed by atoms with Gasteiger partial charge >= 0.3 is 12.1 Å². The molecule has 0 aliphatic carbocycles. The number of rotatable bonds is 5. The summed E-state index contributed by atoms with van der Waals surface area (Å²) >= 11 is 0. The summed E-state index contributed by atoms with van der Waals surface area (Å²) in [5, 5.41) is 0. The molecule has 4 rings (SSSR count). The van der Waals surface area contributed by atoms with Crippen molar-refractivity contribution in [1.82, 2.24) is 9.88 Å². The van der Waals surface area contributed by atoms with Crippen LogP contribution in [0.15, 0.2) is 59.3 Å². The van der Waals surface area contributed by atoms with Crippen LogP contribution >= 0.6 is 0 Å². The van der Waals surface area contributed by atoms with Crippen molar-refractivity contribution >= 4 is 17.6 Å². The highest BCUT2D eigenvalue weighted by atomic mass is 19.4. The second-order valence-corrected chi connectivity index (χ2v) is 7.62. The number of oxazole rings is 1. The number of aromatic nitrogens is 1. The van der Waals surface area contributed by atoms with Crippen LogP contribution in [0.4, 0.5) is 18.9 Å². The Morgan fingerprint density at radius 1 is 1.06 bits per heavy atom. The predicted molar refractivity (Wildman–Crippen MR) is 117 cm³/mol. The van der Waals surface area contributed by atoms with Crippen molar-refractivity contribution in [2.24, 2.45) is 0 Å². The molecule has 178 valence electrons. The second kappa shape index (κ2) is 9.58. The van der Waals surface area contributed by atoms with E-state index in [2.05, 4.69) is 4.98 Å². The van der Waals surface area contributed by atoms with Gasteiger partial charge in [0.25, 0.3) is 5.91 Å². The van der Waals surface area contributed by atoms with Crippen molar-refractivity contribution in [1.29, 1.82) is 0 Å². The van der Waals surface area contributed by atoms with Gasteiger partial charge in [0.2, 0.25) is 0 Å². The number of nitrogens with zero attached hydrogens (tertiary/aromatic N) is 3. The maximum atomic E-state index is 13.3. The van der Waals surface area contributed by atoms with Crippen molar-refractivity contribution in [3.8, 4) is 11.3 Å². The Labute approximate surface area is 193 Å². The molecule has 0 unspecified atom stereocenters. The molecule has 10 heteroatoms. The molecule has 34 heavy (non-hydrogen) atoms. The summed E-state index contributed by atoms with van der Waals surface area (Å²) in [4.78, 5) is 32.9. The molecule has 0 N–H and O–H groups in total. The van der Waals surface area contributed by atoms with Crippen LogP contribution in [-0.2, 0) is 10.9 Å². The highest BCUT2D eigenvalue weighted by Crippen LogP contribution is 2.32. The fraction of sp³-hybridized carbons (Fsp3) is 0.292. The lowest BCUT2D eigenvalue weighted by Gasteiger charge is -2.36. The van der Waals surface area contributed by atoms with Crippen molar-refractivity contribution in [2.75, 3.05) is 37.7 Å². The minimum absolute atomic E-state index is 0.0172. The highest BCUT2D eigenvalue weighted by Gasteiger charge is 2.32. The van der Waals surface area contributed by atoms with E-state index in [1.165, 1.54) is 6.07 Å². The number of carbonyl (C=O) groups excluding carboxylic acids is 2. The van der Waals surface area contributed by atoms with E-state index in [-0.39, 0.29) is 24.0 Å². The Morgan fingerprint density at radius 3 is 2.50 bits per heavy atom. The van der Waals surface area contributed by atoms with Crippen molar-refractivity contribution < 1.29 is 31.9 Å². The van der Waals surface area contributed by atoms with Crippen molar-refractivity contribution in [2.45, 2.75) is 13.1 Å². The van der Waals surface area contributed by atoms with Gasteiger partial charge in [-0.2, -0.15) is 13.2 Å². The quantitative estimate of drug-likeness (QED) is 0.508. The molecular weight excluding hydrogens is 451 g/mol. The van der Waals surface area contributed by atoms with E-state index < -0.39 is 17.7 Å². The van der Waals surface area contributed by atoms with Gasteiger partial charge in [0.1, 0.15) is 0 Å². The van der Waals surface area contributed by atoms with Crippen molar-refractivity contribution in [3.05, 3.63) is 71.7 Å². The molecule has 1 aromatic heterocycles. The molecule has 2 heterocycles. The van der Waals surface area contributed by atoms with Gasteiger partial charge in [-0.25, -0.2) is 9.78 Å². The summed E-state index contributed by atoms with van der Waals surface area (Å²) in [6.07, 6.45) is -3.29. The molecular formula is C24H22F3N3O4. The summed E-state index contributed by atoms with van der Waals surface area (Å²) in [5.41, 5.74) is 0.479. The molecule has 1 aliphatic rings. The number of ether oxygens (including phenoxy) is 1. The van der Waals surface area contributed by atoms with Crippen LogP contribution in [0.1, 0.15) is 33.3 Å². The topological polar surface area (TPSA) is 75.9 Å². The first-order valence-electron chi connectivity index (χ1n) is 10.7. The van der Waals surface area contributed by atoms with E-state index in [9.17, 15) is 22.8 Å². The summed E-state index contributed by atoms with van der Waals surface area (Å²) < 4.78 is 49.6. The number of alkyl halides is 3. The monoisotopic (exact) mass is 473 g/mol. The zero-order valence-electron chi connectivity index (χ0n) is 18.3. The molecule has 7 nitrogen and oxygen atoms in total. The third-order valence-electron chi connectivity index (χ3n) is 5.54. The minimum atomic E-state index is -4.42. The highest BCUT2D eigenvalue weighted by molar-refractivity contribution is 6.03. The molecule has 0 bridgehead atoms. The number of piperazine rings is 1. The molecule has 2 aromatic carbocycles. The Balaban J connectivity index is 1.51. The second-order valence-electron chi connectivity index (χ2n) is 7.62. The van der Waals surface area contributed by atoms with Crippen LogP contribution < -0.4 is 4.90 Å². The Bertz CT molecular complexity index is 1180. The fourth-order valence-corrected chi connectivity index (χ4v) is 3.87. The molecule has 0 atom stereocenters. The first-order valence-corrected chi connectivity index (χ1v) is 10.7. The van der Waals surface area contributed by atoms with Crippen LogP contribution in [0.3, 0.4) is 0 Å². The zero-order valence-corrected chi connectivity index (χ0v) is 18.3. The summed E-state index contributed by atoms with van der Waals surface area (Å²) in [7, 11) is 0. The number of hydrogen-bond donors (Lipinski definition) is 0. The van der Waals surface area contributed by atoms with Crippen LogP contribution in [0.2, 0.25) is 0 Å². The summed E-state index contributed by atoms with van der Waals surface area (Å²) in [6, 6.07) is 11.9. The number of anilines is 1. The first kappa shape index (κ1) is 23.3. The summed E-state index contributed by atoms with van der Waals surface area (Å²) in [6.45, 7) is 3.25. The Kier molecular flexibility index (Phi) is 6.58. The van der Waals surface area contributed by atoms with E-state index in [4.69, 9.17) is 9.15 Å². The predicted octanol–water partition coefficient (Wildman–Crippen LogP) is 4.50. The molecule has 0 radical (unpaired) electrons.